The molecule has 0 aromatic heterocycles. The summed E-state index contributed by atoms with van der Waals surface area (Å²) >= 11 is 23.2. The molecule has 41 heavy (non-hydrogen) atoms. The van der Waals surface area contributed by atoms with Crippen LogP contribution in [0.15, 0.2) is 52.5 Å². The Morgan fingerprint density at radius 3 is 2.39 bits per heavy atom. The fourth-order valence-corrected chi connectivity index (χ4v) is 9.13. The van der Waals surface area contributed by atoms with E-state index in [1.807, 2.05) is 18.2 Å². The zero-order valence-corrected chi connectivity index (χ0v) is 28.1. The molecule has 8 nitrogen and oxygen atoms in total. The van der Waals surface area contributed by atoms with Crippen molar-refractivity contribution >= 4 is 107 Å². The lowest BCUT2D eigenvalue weighted by Gasteiger charge is -2.50. The van der Waals surface area contributed by atoms with Crippen LogP contribution in [0.2, 0.25) is 0 Å². The number of ether oxygens (including phenoxy) is 1. The van der Waals surface area contributed by atoms with E-state index in [0.29, 0.717) is 16.8 Å². The number of benzene rings is 2. The van der Waals surface area contributed by atoms with Crippen LogP contribution >= 0.6 is 77.7 Å². The van der Waals surface area contributed by atoms with Gasteiger partial charge in [0.25, 0.3) is 11.8 Å². The first kappa shape index (κ1) is 29.4. The maximum Gasteiger partial charge on any atom is 0.254 e. The number of likely N-dealkylation sites (tertiary alicyclic amines) is 1. The Morgan fingerprint density at radius 1 is 1.07 bits per heavy atom. The zero-order chi connectivity index (χ0) is 29.6. The summed E-state index contributed by atoms with van der Waals surface area (Å²) in [4.78, 5) is 53.7. The minimum atomic E-state index is -1.95. The number of allylic oxidation sites excluding steroid dienone is 2. The molecular weight excluding hydrogens is 818 g/mol. The fourth-order valence-electron chi connectivity index (χ4n) is 6.89. The van der Waals surface area contributed by atoms with E-state index in [9.17, 15) is 24.3 Å². The van der Waals surface area contributed by atoms with Gasteiger partial charge in [-0.1, -0.05) is 27.6 Å². The van der Waals surface area contributed by atoms with Gasteiger partial charge >= 0.3 is 0 Å². The summed E-state index contributed by atoms with van der Waals surface area (Å²) in [6.07, 6.45) is 2.01. The molecule has 2 aliphatic carbocycles. The number of aromatic hydroxyl groups is 1. The average Bonchev–Trinajstić information content (AvgIpc) is 3.28. The number of methoxy groups -OCH3 is 1. The number of fused-ring (bicyclic) bond motifs is 4. The third-order valence-corrected chi connectivity index (χ3v) is 11.9. The van der Waals surface area contributed by atoms with Gasteiger partial charge in [-0.3, -0.25) is 29.0 Å². The van der Waals surface area contributed by atoms with Crippen molar-refractivity contribution in [1.82, 2.24) is 4.90 Å². The molecule has 0 radical (unpaired) electrons. The summed E-state index contributed by atoms with van der Waals surface area (Å²) in [5.74, 6) is -5.13. The highest BCUT2D eigenvalue weighted by Gasteiger charge is 2.76. The highest BCUT2D eigenvalue weighted by Crippen LogP contribution is 2.66. The molecule has 1 saturated carbocycles. The number of imide groups is 2. The maximum atomic E-state index is 14.0. The van der Waals surface area contributed by atoms with E-state index in [1.165, 1.54) is 12.0 Å². The molecule has 3 fully saturated rings. The van der Waals surface area contributed by atoms with E-state index >= 15 is 0 Å². The second-order valence-electron chi connectivity index (χ2n) is 10.5. The second-order valence-corrected chi connectivity index (χ2v) is 14.4. The van der Waals surface area contributed by atoms with E-state index in [-0.39, 0.29) is 46.1 Å². The van der Waals surface area contributed by atoms with Crippen LogP contribution in [-0.2, 0) is 19.2 Å². The molecule has 0 bridgehead atoms. The largest absolute Gasteiger partial charge is 0.503 e. The zero-order valence-electron chi connectivity index (χ0n) is 21.2. The number of nitrogens with zero attached hydrogens (tertiary/aromatic N) is 2. The van der Waals surface area contributed by atoms with Gasteiger partial charge in [0.2, 0.25) is 11.8 Å². The number of rotatable bonds is 4. The monoisotopic (exact) mass is 836 g/mol. The number of phenols is 1. The topological polar surface area (TPSA) is 104 Å². The molecule has 0 unspecified atom stereocenters. The van der Waals surface area contributed by atoms with Crippen LogP contribution in [0.1, 0.15) is 24.3 Å². The molecule has 0 spiro atoms. The van der Waals surface area contributed by atoms with Crippen molar-refractivity contribution in [2.45, 2.75) is 28.5 Å². The second kappa shape index (κ2) is 10.2. The van der Waals surface area contributed by atoms with E-state index in [2.05, 4.69) is 54.5 Å². The SMILES string of the molecule is COc1cc([C@H]2C3=CC[C@@H]4C(=O)N(c5ccc(I)cc5)C(=O)[C@@H]4[C@@H]3C[C@@]3(Cl)C(=O)N(CBr)C(=O)[C@@]23Cl)cc(Br)c1O. The van der Waals surface area contributed by atoms with Crippen molar-refractivity contribution in [2.24, 2.45) is 17.8 Å². The number of amides is 4. The quantitative estimate of drug-likeness (QED) is 0.140. The van der Waals surface area contributed by atoms with Gasteiger partial charge in [-0.25, -0.2) is 0 Å². The first-order chi connectivity index (χ1) is 19.4. The van der Waals surface area contributed by atoms with Gasteiger partial charge in [0, 0.05) is 9.49 Å². The maximum absolute atomic E-state index is 14.0. The Balaban J connectivity index is 1.54. The Bertz CT molecular complexity index is 1570. The van der Waals surface area contributed by atoms with Crippen LogP contribution in [0, 0.1) is 21.3 Å². The molecule has 1 N–H and O–H groups in total. The van der Waals surface area contributed by atoms with Crippen LogP contribution in [0.3, 0.4) is 0 Å². The van der Waals surface area contributed by atoms with Crippen molar-refractivity contribution in [3.63, 3.8) is 0 Å². The minimum Gasteiger partial charge on any atom is -0.503 e. The predicted molar refractivity (Wildman–Crippen MR) is 167 cm³/mol. The minimum absolute atomic E-state index is 0.106. The third kappa shape index (κ3) is 3.94. The van der Waals surface area contributed by atoms with Gasteiger partial charge in [0.05, 0.1) is 34.6 Å². The van der Waals surface area contributed by atoms with Crippen molar-refractivity contribution in [3.8, 4) is 11.5 Å². The summed E-state index contributed by atoms with van der Waals surface area (Å²) in [6.45, 7) is 0. The van der Waals surface area contributed by atoms with Crippen molar-refractivity contribution in [3.05, 3.63) is 61.7 Å². The van der Waals surface area contributed by atoms with Crippen molar-refractivity contribution < 1.29 is 29.0 Å². The van der Waals surface area contributed by atoms with Crippen LogP contribution in [0.25, 0.3) is 0 Å². The lowest BCUT2D eigenvalue weighted by Crippen LogP contribution is -2.60. The van der Waals surface area contributed by atoms with Gasteiger partial charge in [-0.15, -0.1) is 23.2 Å². The first-order valence-corrected chi connectivity index (χ1v) is 16.4. The number of hydrogen-bond acceptors (Lipinski definition) is 6. The number of anilines is 1. The van der Waals surface area contributed by atoms with Crippen LogP contribution in [0.5, 0.6) is 11.5 Å². The molecule has 2 aromatic carbocycles. The Morgan fingerprint density at radius 2 is 1.76 bits per heavy atom. The molecule has 13 heteroatoms. The Kier molecular flexibility index (Phi) is 7.32. The number of carbonyl (C=O) groups is 4. The molecule has 4 amide bonds. The lowest BCUT2D eigenvalue weighted by atomic mass is 9.56. The molecule has 6 atom stereocenters. The molecule has 2 heterocycles. The fraction of sp³-hybridized carbons (Fsp3) is 0.357. The van der Waals surface area contributed by atoms with Gasteiger partial charge in [-0.2, -0.15) is 0 Å². The number of phenolic OH excluding ortho intramolecular Hbond substituents is 1. The van der Waals surface area contributed by atoms with Gasteiger partial charge in [0.1, 0.15) is 0 Å². The smallest absolute Gasteiger partial charge is 0.254 e. The summed E-state index contributed by atoms with van der Waals surface area (Å²) in [6, 6.07) is 10.3. The first-order valence-electron chi connectivity index (χ1n) is 12.6. The molecule has 4 aliphatic rings. The van der Waals surface area contributed by atoms with Crippen LogP contribution in [0.4, 0.5) is 5.69 Å². The molecule has 214 valence electrons. The highest BCUT2D eigenvalue weighted by molar-refractivity contribution is 14.1. The van der Waals surface area contributed by atoms with Crippen molar-refractivity contribution in [1.29, 1.82) is 0 Å². The van der Waals surface area contributed by atoms with Gasteiger partial charge < -0.3 is 9.84 Å². The number of hydrogen-bond donors (Lipinski definition) is 1. The normalized spacial score (nSPS) is 32.6. The molecule has 6 rings (SSSR count). The number of halogens is 5. The highest BCUT2D eigenvalue weighted by atomic mass is 127. The molecular formula is C28H21Br2Cl2IN2O6. The van der Waals surface area contributed by atoms with Crippen LogP contribution < -0.4 is 9.64 Å². The Hall–Kier alpha value is -1.67. The third-order valence-electron chi connectivity index (χ3n) is 8.70. The van der Waals surface area contributed by atoms with E-state index in [4.69, 9.17) is 27.9 Å². The number of alkyl halides is 3. The molecule has 2 aliphatic heterocycles. The predicted octanol–water partition coefficient (Wildman–Crippen LogP) is 5.68. The summed E-state index contributed by atoms with van der Waals surface area (Å²) in [5, 5.41) is 10.5. The number of carbonyl (C=O) groups excluding carboxylic acids is 4. The molecule has 2 aromatic rings. The van der Waals surface area contributed by atoms with Crippen molar-refractivity contribution in [2.75, 3.05) is 17.5 Å². The van der Waals surface area contributed by atoms with E-state index in [1.54, 1.807) is 24.3 Å². The summed E-state index contributed by atoms with van der Waals surface area (Å²) < 4.78 is 6.62. The van der Waals surface area contributed by atoms with Gasteiger partial charge in [0.15, 0.2) is 21.2 Å². The average molecular weight is 839 g/mol. The standard InChI is InChI=1S/C28H21Br2Cl2IN2O6/c1-41-19-9-12(8-18(30)22(19)36)21-15-6-7-16-20(24(38)35(23(16)37)14-4-2-13(33)3-5-14)17(15)10-27(31)25(39)34(11-29)26(40)28(21,27)32/h2-6,8-9,16-17,20-21,36H,7,10-11H2,1H3/t16-,17+,20-,21-,27+,28-/m0/s1. The van der Waals surface area contributed by atoms with Gasteiger partial charge in [-0.05, 0) is 99.2 Å². The van der Waals surface area contributed by atoms with Crippen LogP contribution in [-0.4, -0.2) is 55.9 Å². The Labute approximate surface area is 275 Å². The van der Waals surface area contributed by atoms with E-state index < -0.39 is 45.2 Å². The lowest BCUT2D eigenvalue weighted by molar-refractivity contribution is -0.138. The van der Waals surface area contributed by atoms with E-state index in [0.717, 1.165) is 8.47 Å². The molecule has 2 saturated heterocycles. The summed E-state index contributed by atoms with van der Waals surface area (Å²) in [7, 11) is 1.39. The summed E-state index contributed by atoms with van der Waals surface area (Å²) in [5.41, 5.74) is 1.47.